The molecule has 1 rings (SSSR count). The van der Waals surface area contributed by atoms with Crippen molar-refractivity contribution in [2.75, 3.05) is 19.8 Å². The standard InChI is InChI=1S/C12H19N3O3/c1-9-10(3-11(4-13)15(9)2)5-14-12(6-16,7-17)8-18/h3,14,16-18H,5-8H2,1-2H3. The summed E-state index contributed by atoms with van der Waals surface area (Å²) in [5.74, 6) is 0. The minimum atomic E-state index is -1.10. The van der Waals surface area contributed by atoms with Crippen molar-refractivity contribution in [3.63, 3.8) is 0 Å². The molecule has 0 radical (unpaired) electrons. The highest BCUT2D eigenvalue weighted by molar-refractivity contribution is 5.34. The Hall–Kier alpha value is -1.39. The fourth-order valence-corrected chi connectivity index (χ4v) is 1.65. The molecule has 0 spiro atoms. The Bertz CT molecular complexity index is 436. The average molecular weight is 253 g/mol. The van der Waals surface area contributed by atoms with Crippen molar-refractivity contribution in [2.45, 2.75) is 19.0 Å². The number of nitrogens with one attached hydrogen (secondary N) is 1. The predicted octanol–water partition coefficient (Wildman–Crippen LogP) is -0.990. The third kappa shape index (κ3) is 2.71. The smallest absolute Gasteiger partial charge is 0.120 e. The van der Waals surface area contributed by atoms with Crippen LogP contribution in [-0.2, 0) is 13.6 Å². The minimum absolute atomic E-state index is 0.364. The molecule has 6 nitrogen and oxygen atoms in total. The van der Waals surface area contributed by atoms with Crippen LogP contribution in [0, 0.1) is 18.3 Å². The first-order chi connectivity index (χ1) is 8.53. The number of aliphatic hydroxyl groups is 3. The van der Waals surface area contributed by atoms with E-state index in [-0.39, 0.29) is 19.8 Å². The highest BCUT2D eigenvalue weighted by Crippen LogP contribution is 2.14. The van der Waals surface area contributed by atoms with E-state index >= 15 is 0 Å². The third-order valence-corrected chi connectivity index (χ3v) is 3.32. The molecule has 0 atom stereocenters. The van der Waals surface area contributed by atoms with E-state index in [0.717, 1.165) is 11.3 Å². The largest absolute Gasteiger partial charge is 0.394 e. The number of aliphatic hydroxyl groups excluding tert-OH is 3. The maximum atomic E-state index is 9.19. The fraction of sp³-hybridized carbons (Fsp3) is 0.583. The zero-order valence-corrected chi connectivity index (χ0v) is 10.6. The Labute approximate surface area is 106 Å². The monoisotopic (exact) mass is 253 g/mol. The third-order valence-electron chi connectivity index (χ3n) is 3.32. The van der Waals surface area contributed by atoms with Gasteiger partial charge in [-0.2, -0.15) is 5.26 Å². The molecule has 4 N–H and O–H groups in total. The summed E-state index contributed by atoms with van der Waals surface area (Å²) >= 11 is 0. The van der Waals surface area contributed by atoms with Crippen LogP contribution in [0.5, 0.6) is 0 Å². The second-order valence-electron chi connectivity index (χ2n) is 4.42. The second-order valence-corrected chi connectivity index (χ2v) is 4.42. The van der Waals surface area contributed by atoms with Crippen LogP contribution in [0.4, 0.5) is 0 Å². The summed E-state index contributed by atoms with van der Waals surface area (Å²) < 4.78 is 1.77. The van der Waals surface area contributed by atoms with Crippen molar-refractivity contribution >= 4 is 0 Å². The molecule has 1 aromatic heterocycles. The fourth-order valence-electron chi connectivity index (χ4n) is 1.65. The molecule has 0 aliphatic heterocycles. The van der Waals surface area contributed by atoms with Gasteiger partial charge in [0.2, 0.25) is 0 Å². The number of rotatable bonds is 6. The molecule has 0 bridgehead atoms. The normalized spacial score (nSPS) is 11.6. The van der Waals surface area contributed by atoms with Crippen LogP contribution in [0.1, 0.15) is 17.0 Å². The Kier molecular flexibility index (Phi) is 4.87. The molecule has 0 saturated carbocycles. The van der Waals surface area contributed by atoms with Gasteiger partial charge < -0.3 is 25.2 Å². The van der Waals surface area contributed by atoms with Gasteiger partial charge in [0.1, 0.15) is 11.8 Å². The Morgan fingerprint density at radius 3 is 2.28 bits per heavy atom. The lowest BCUT2D eigenvalue weighted by molar-refractivity contribution is 0.0413. The van der Waals surface area contributed by atoms with Crippen LogP contribution >= 0.6 is 0 Å². The summed E-state index contributed by atoms with van der Waals surface area (Å²) in [5.41, 5.74) is 1.28. The van der Waals surface area contributed by atoms with Crippen molar-refractivity contribution in [1.29, 1.82) is 5.26 Å². The van der Waals surface area contributed by atoms with E-state index in [4.69, 9.17) is 5.26 Å². The van der Waals surface area contributed by atoms with E-state index in [9.17, 15) is 15.3 Å². The summed E-state index contributed by atoms with van der Waals surface area (Å²) in [5, 5.41) is 39.4. The maximum Gasteiger partial charge on any atom is 0.120 e. The van der Waals surface area contributed by atoms with Gasteiger partial charge in [-0.05, 0) is 18.6 Å². The molecule has 1 heterocycles. The second kappa shape index (κ2) is 5.98. The molecule has 0 aliphatic carbocycles. The molecule has 0 unspecified atom stereocenters. The van der Waals surface area contributed by atoms with Crippen molar-refractivity contribution in [2.24, 2.45) is 7.05 Å². The molecular weight excluding hydrogens is 234 g/mol. The Morgan fingerprint density at radius 1 is 1.33 bits per heavy atom. The lowest BCUT2D eigenvalue weighted by Crippen LogP contribution is -2.54. The van der Waals surface area contributed by atoms with E-state index in [1.54, 1.807) is 17.7 Å². The van der Waals surface area contributed by atoms with E-state index in [0.29, 0.717) is 12.2 Å². The van der Waals surface area contributed by atoms with Gasteiger partial charge in [-0.15, -0.1) is 0 Å². The number of aromatic nitrogens is 1. The van der Waals surface area contributed by atoms with Gasteiger partial charge in [-0.3, -0.25) is 0 Å². The van der Waals surface area contributed by atoms with Crippen molar-refractivity contribution in [3.05, 3.63) is 23.0 Å². The van der Waals surface area contributed by atoms with E-state index in [1.165, 1.54) is 0 Å². The zero-order chi connectivity index (χ0) is 13.8. The quantitative estimate of drug-likeness (QED) is 0.521. The molecular formula is C12H19N3O3. The first-order valence-electron chi connectivity index (χ1n) is 5.66. The Balaban J connectivity index is 2.84. The zero-order valence-electron chi connectivity index (χ0n) is 10.6. The van der Waals surface area contributed by atoms with Crippen molar-refractivity contribution in [3.8, 4) is 6.07 Å². The molecule has 0 amide bonds. The molecule has 18 heavy (non-hydrogen) atoms. The topological polar surface area (TPSA) is 101 Å². The average Bonchev–Trinajstić information content (AvgIpc) is 2.68. The molecule has 1 aromatic rings. The summed E-state index contributed by atoms with van der Waals surface area (Å²) in [7, 11) is 1.80. The van der Waals surface area contributed by atoms with E-state index in [1.807, 2.05) is 6.92 Å². The van der Waals surface area contributed by atoms with Gasteiger partial charge in [0.25, 0.3) is 0 Å². The maximum absolute atomic E-state index is 9.19. The summed E-state index contributed by atoms with van der Waals surface area (Å²) in [4.78, 5) is 0. The molecule has 100 valence electrons. The molecule has 0 fully saturated rings. The molecule has 0 aromatic carbocycles. The van der Waals surface area contributed by atoms with Gasteiger partial charge >= 0.3 is 0 Å². The van der Waals surface area contributed by atoms with E-state index in [2.05, 4.69) is 11.4 Å². The van der Waals surface area contributed by atoms with Gasteiger partial charge in [-0.1, -0.05) is 0 Å². The molecule has 6 heteroatoms. The predicted molar refractivity (Wildman–Crippen MR) is 65.7 cm³/mol. The minimum Gasteiger partial charge on any atom is -0.394 e. The van der Waals surface area contributed by atoms with Crippen LogP contribution in [0.2, 0.25) is 0 Å². The van der Waals surface area contributed by atoms with Gasteiger partial charge in [0.05, 0.1) is 25.4 Å². The summed E-state index contributed by atoms with van der Waals surface area (Å²) in [6, 6.07) is 3.83. The number of hydrogen-bond donors (Lipinski definition) is 4. The lowest BCUT2D eigenvalue weighted by atomic mass is 10.0. The molecule has 0 saturated heterocycles. The first-order valence-corrected chi connectivity index (χ1v) is 5.66. The van der Waals surface area contributed by atoms with Crippen LogP contribution in [0.15, 0.2) is 6.07 Å². The first kappa shape index (κ1) is 14.7. The number of nitrogens with zero attached hydrogens (tertiary/aromatic N) is 2. The highest BCUT2D eigenvalue weighted by atomic mass is 16.3. The van der Waals surface area contributed by atoms with Gasteiger partial charge in [0.15, 0.2) is 0 Å². The van der Waals surface area contributed by atoms with Crippen LogP contribution in [-0.4, -0.2) is 45.2 Å². The number of nitriles is 1. The number of hydrogen-bond acceptors (Lipinski definition) is 5. The van der Waals surface area contributed by atoms with Crippen LogP contribution in [0.25, 0.3) is 0 Å². The highest BCUT2D eigenvalue weighted by Gasteiger charge is 2.27. The lowest BCUT2D eigenvalue weighted by Gasteiger charge is -2.28. The SMILES string of the molecule is Cc1c(CNC(CO)(CO)CO)cc(C#N)n1C. The van der Waals surface area contributed by atoms with Crippen LogP contribution < -0.4 is 5.32 Å². The van der Waals surface area contributed by atoms with Crippen molar-refractivity contribution in [1.82, 2.24) is 9.88 Å². The van der Waals surface area contributed by atoms with Crippen molar-refractivity contribution < 1.29 is 15.3 Å². The van der Waals surface area contributed by atoms with E-state index < -0.39 is 5.54 Å². The van der Waals surface area contributed by atoms with Gasteiger partial charge in [0, 0.05) is 19.3 Å². The van der Waals surface area contributed by atoms with Crippen LogP contribution in [0.3, 0.4) is 0 Å². The van der Waals surface area contributed by atoms with Gasteiger partial charge in [-0.25, -0.2) is 0 Å². The summed E-state index contributed by atoms with van der Waals surface area (Å²) in [6.07, 6.45) is 0. The summed E-state index contributed by atoms with van der Waals surface area (Å²) in [6.45, 7) is 1.16. The molecule has 0 aliphatic rings. The Morgan fingerprint density at radius 2 is 1.89 bits per heavy atom.